The van der Waals surface area contributed by atoms with Crippen molar-refractivity contribution in [2.75, 3.05) is 0 Å². The molecule has 3 heteroatoms. The van der Waals surface area contributed by atoms with Crippen molar-refractivity contribution in [1.82, 2.24) is 0 Å². The van der Waals surface area contributed by atoms with Gasteiger partial charge in [-0.2, -0.15) is 0 Å². The molecule has 3 rings (SSSR count). The minimum absolute atomic E-state index is 0.0773. The normalized spacial score (nSPS) is 15.5. The number of rotatable bonds is 0. The average Bonchev–Trinajstić information content (AvgIpc) is 2.49. The van der Waals surface area contributed by atoms with Crippen LogP contribution in [0, 0.1) is 5.82 Å². The van der Waals surface area contributed by atoms with Gasteiger partial charge in [0.1, 0.15) is 13.9 Å². The van der Waals surface area contributed by atoms with Crippen molar-refractivity contribution in [3.05, 3.63) is 47.2 Å². The number of fused-ring (bicyclic) bond motifs is 3. The fraction of sp³-hybridized carbons (Fsp3) is 0.143. The first-order chi connectivity index (χ1) is 8.01. The third-order valence-corrected chi connectivity index (χ3v) is 7.34. The Morgan fingerprint density at radius 3 is 2.59 bits per heavy atom. The predicted octanol–water partition coefficient (Wildman–Crippen LogP) is 3.28. The van der Waals surface area contributed by atoms with Crippen molar-refractivity contribution in [1.29, 1.82) is 0 Å². The van der Waals surface area contributed by atoms with Crippen LogP contribution in [-0.4, -0.2) is 8.07 Å². The van der Waals surface area contributed by atoms with E-state index in [4.69, 9.17) is 11.6 Å². The Hall–Kier alpha value is -1.12. The third-order valence-electron chi connectivity index (χ3n) is 3.58. The summed E-state index contributed by atoms with van der Waals surface area (Å²) in [5, 5.41) is 2.89. The molecule has 1 heterocycles. The van der Waals surface area contributed by atoms with E-state index in [1.165, 1.54) is 5.19 Å². The third kappa shape index (κ3) is 1.41. The van der Waals surface area contributed by atoms with Crippen molar-refractivity contribution < 1.29 is 4.39 Å². The van der Waals surface area contributed by atoms with Crippen LogP contribution in [0.5, 0.6) is 0 Å². The van der Waals surface area contributed by atoms with E-state index >= 15 is 0 Å². The topological polar surface area (TPSA) is 0 Å². The molecular formula is C14H12ClFSi. The minimum Gasteiger partial charge on any atom is -0.207 e. The molecular weight excluding hydrogens is 251 g/mol. The molecule has 0 atom stereocenters. The lowest BCUT2D eigenvalue weighted by molar-refractivity contribution is 0.636. The van der Waals surface area contributed by atoms with E-state index < -0.39 is 8.07 Å². The summed E-state index contributed by atoms with van der Waals surface area (Å²) in [6.45, 7) is 4.36. The molecule has 1 aliphatic rings. The van der Waals surface area contributed by atoms with Crippen LogP contribution < -0.4 is 10.4 Å². The molecule has 2 aromatic rings. The van der Waals surface area contributed by atoms with Gasteiger partial charge >= 0.3 is 0 Å². The molecule has 0 unspecified atom stereocenters. The maximum absolute atomic E-state index is 14.1. The van der Waals surface area contributed by atoms with E-state index in [1.54, 1.807) is 12.1 Å². The Bertz CT molecular complexity index is 620. The van der Waals surface area contributed by atoms with Gasteiger partial charge < -0.3 is 0 Å². The zero-order chi connectivity index (χ0) is 12.2. The van der Waals surface area contributed by atoms with Crippen LogP contribution in [0.3, 0.4) is 0 Å². The zero-order valence-electron chi connectivity index (χ0n) is 9.72. The molecule has 0 nitrogen and oxygen atoms in total. The van der Waals surface area contributed by atoms with Crippen LogP contribution in [0.4, 0.5) is 4.39 Å². The summed E-state index contributed by atoms with van der Waals surface area (Å²) in [5.41, 5.74) is 2.20. The fourth-order valence-corrected chi connectivity index (χ4v) is 6.30. The average molecular weight is 263 g/mol. The predicted molar refractivity (Wildman–Crippen MR) is 73.6 cm³/mol. The molecule has 0 bridgehead atoms. The number of benzene rings is 2. The molecule has 17 heavy (non-hydrogen) atoms. The smallest absolute Gasteiger partial charge is 0.123 e. The molecule has 0 aliphatic carbocycles. The van der Waals surface area contributed by atoms with Crippen molar-refractivity contribution in [2.45, 2.75) is 13.1 Å². The van der Waals surface area contributed by atoms with Gasteiger partial charge in [0.25, 0.3) is 0 Å². The summed E-state index contributed by atoms with van der Waals surface area (Å²) in [6, 6.07) is 11.2. The zero-order valence-corrected chi connectivity index (χ0v) is 11.5. The monoisotopic (exact) mass is 262 g/mol. The minimum atomic E-state index is -1.92. The first-order valence-corrected chi connectivity index (χ1v) is 8.99. The van der Waals surface area contributed by atoms with Crippen LogP contribution in [0.2, 0.25) is 18.1 Å². The highest BCUT2D eigenvalue weighted by Gasteiger charge is 2.39. The van der Waals surface area contributed by atoms with E-state index in [0.717, 1.165) is 21.3 Å². The van der Waals surface area contributed by atoms with Gasteiger partial charge in [-0.1, -0.05) is 42.9 Å². The molecule has 0 N–H and O–H groups in total. The van der Waals surface area contributed by atoms with Gasteiger partial charge in [0.2, 0.25) is 0 Å². The molecule has 0 fully saturated rings. The maximum atomic E-state index is 14.1. The van der Waals surface area contributed by atoms with Crippen molar-refractivity contribution in [3.8, 4) is 11.1 Å². The van der Waals surface area contributed by atoms with Gasteiger partial charge in [0.05, 0.1) is 0 Å². The molecule has 0 saturated heterocycles. The quantitative estimate of drug-likeness (QED) is 0.639. The summed E-state index contributed by atoms with van der Waals surface area (Å²) < 4.78 is 14.1. The number of halogens is 2. The van der Waals surface area contributed by atoms with Gasteiger partial charge in [0, 0.05) is 5.02 Å². The van der Waals surface area contributed by atoms with Crippen LogP contribution in [0.1, 0.15) is 0 Å². The largest absolute Gasteiger partial charge is 0.207 e. The van der Waals surface area contributed by atoms with E-state index in [1.807, 2.05) is 24.3 Å². The number of hydrogen-bond donors (Lipinski definition) is 0. The summed E-state index contributed by atoms with van der Waals surface area (Å²) in [6.07, 6.45) is 0. The Morgan fingerprint density at radius 1 is 1.06 bits per heavy atom. The van der Waals surface area contributed by atoms with Crippen molar-refractivity contribution in [3.63, 3.8) is 0 Å². The summed E-state index contributed by atoms with van der Waals surface area (Å²) in [7, 11) is -1.92. The van der Waals surface area contributed by atoms with Crippen LogP contribution >= 0.6 is 11.6 Å². The molecule has 2 aromatic carbocycles. The second-order valence-electron chi connectivity index (χ2n) is 4.98. The Balaban J connectivity index is 2.42. The van der Waals surface area contributed by atoms with Crippen LogP contribution in [0.25, 0.3) is 11.1 Å². The first-order valence-electron chi connectivity index (χ1n) is 5.61. The molecule has 1 aliphatic heterocycles. The molecule has 0 radical (unpaired) electrons. The van der Waals surface area contributed by atoms with Gasteiger partial charge in [-0.15, -0.1) is 0 Å². The van der Waals surface area contributed by atoms with E-state index in [2.05, 4.69) is 13.1 Å². The van der Waals surface area contributed by atoms with Gasteiger partial charge in [0.15, 0.2) is 0 Å². The fourth-order valence-electron chi connectivity index (χ4n) is 2.79. The Kier molecular flexibility index (Phi) is 2.22. The molecule has 0 spiro atoms. The van der Waals surface area contributed by atoms with Crippen molar-refractivity contribution >= 4 is 30.0 Å². The van der Waals surface area contributed by atoms with Gasteiger partial charge in [-0.05, 0) is 39.7 Å². The van der Waals surface area contributed by atoms with Crippen LogP contribution in [0.15, 0.2) is 36.4 Å². The number of hydrogen-bond acceptors (Lipinski definition) is 0. The van der Waals surface area contributed by atoms with E-state index in [9.17, 15) is 4.39 Å². The summed E-state index contributed by atoms with van der Waals surface area (Å²) in [5.74, 6) is -0.0773. The molecule has 0 saturated carbocycles. The Labute approximate surface area is 106 Å². The van der Waals surface area contributed by atoms with E-state index in [0.29, 0.717) is 0 Å². The molecule has 86 valence electrons. The molecule has 0 aromatic heterocycles. The van der Waals surface area contributed by atoms with Crippen LogP contribution in [-0.2, 0) is 0 Å². The Morgan fingerprint density at radius 2 is 1.82 bits per heavy atom. The second-order valence-corrected chi connectivity index (χ2v) is 9.70. The van der Waals surface area contributed by atoms with E-state index in [-0.39, 0.29) is 5.82 Å². The van der Waals surface area contributed by atoms with Crippen molar-refractivity contribution in [2.24, 2.45) is 0 Å². The SMILES string of the molecule is C[Si]1(C)c2cc(Cl)ccc2-c2cccc(F)c21. The standard InChI is InChI=1S/C14H12ClFSi/c1-17(2)13-8-9(15)6-7-10(13)11-4-3-5-12(16)14(11)17/h3-8H,1-2H3. The summed E-state index contributed by atoms with van der Waals surface area (Å²) >= 11 is 6.06. The first kappa shape index (κ1) is 11.0. The highest BCUT2D eigenvalue weighted by Crippen LogP contribution is 2.30. The lowest BCUT2D eigenvalue weighted by Gasteiger charge is -2.19. The highest BCUT2D eigenvalue weighted by atomic mass is 35.5. The molecule has 0 amide bonds. The second kappa shape index (κ2) is 3.44. The highest BCUT2D eigenvalue weighted by molar-refractivity contribution is 7.03. The van der Waals surface area contributed by atoms with Gasteiger partial charge in [-0.3, -0.25) is 0 Å². The lowest BCUT2D eigenvalue weighted by Crippen LogP contribution is -2.50. The summed E-state index contributed by atoms with van der Waals surface area (Å²) in [4.78, 5) is 0. The van der Waals surface area contributed by atoms with Gasteiger partial charge in [-0.25, -0.2) is 4.39 Å². The lowest BCUT2D eigenvalue weighted by atomic mass is 10.1. The maximum Gasteiger partial charge on any atom is 0.123 e.